The Labute approximate surface area is 121 Å². The predicted octanol–water partition coefficient (Wildman–Crippen LogP) is 3.44. The van der Waals surface area contributed by atoms with Crippen LogP contribution in [0.5, 0.6) is 0 Å². The number of aliphatic hydroxyl groups is 1. The Morgan fingerprint density at radius 2 is 2.00 bits per heavy atom. The molecule has 1 atom stereocenters. The Morgan fingerprint density at radius 3 is 2.40 bits per heavy atom. The third kappa shape index (κ3) is 3.88. The minimum Gasteiger partial charge on any atom is -0.409 e. The zero-order chi connectivity index (χ0) is 15.5. The van der Waals surface area contributed by atoms with Crippen LogP contribution in [0.4, 0.5) is 5.69 Å². The van der Waals surface area contributed by atoms with Crippen LogP contribution in [0, 0.1) is 15.5 Å². The van der Waals surface area contributed by atoms with E-state index in [1.165, 1.54) is 0 Å². The maximum absolute atomic E-state index is 11.4. The van der Waals surface area contributed by atoms with Crippen molar-refractivity contribution >= 4 is 14.7 Å². The highest BCUT2D eigenvalue weighted by Crippen LogP contribution is 2.41. The first kappa shape index (κ1) is 16.8. The number of aliphatic hydroxyl groups excluding tert-OH is 1. The average Bonchev–Trinajstić information content (AvgIpc) is 2.33. The van der Waals surface area contributed by atoms with Gasteiger partial charge in [0.05, 0.1) is 28.8 Å². The minimum absolute atomic E-state index is 0.0295. The number of nitrogens with zero attached hydrogens (tertiary/aromatic N) is 1. The molecule has 0 amide bonds. The van der Waals surface area contributed by atoms with Gasteiger partial charge in [0.2, 0.25) is 9.04 Å². The second kappa shape index (κ2) is 6.47. The van der Waals surface area contributed by atoms with Gasteiger partial charge >= 0.3 is 0 Å². The molecule has 1 unspecified atom stereocenters. The van der Waals surface area contributed by atoms with Crippen LogP contribution in [0.3, 0.4) is 0 Å². The van der Waals surface area contributed by atoms with Gasteiger partial charge < -0.3 is 9.53 Å². The third-order valence-corrected chi connectivity index (χ3v) is 3.63. The van der Waals surface area contributed by atoms with Crippen molar-refractivity contribution in [3.63, 3.8) is 0 Å². The summed E-state index contributed by atoms with van der Waals surface area (Å²) in [6, 6.07) is 5.02. The standard InChI is InChI=1S/C14H22NO4Si/c1-14(2,3)13(19-20(4)5)11-8-6-7-10(9-16)12(11)15(17)18/h6-8,13,16H,9H2,1-5H3. The van der Waals surface area contributed by atoms with Crippen molar-refractivity contribution in [2.45, 2.75) is 46.6 Å². The summed E-state index contributed by atoms with van der Waals surface area (Å²) >= 11 is 0. The lowest BCUT2D eigenvalue weighted by Crippen LogP contribution is -2.26. The Bertz CT molecular complexity index is 483. The molecule has 111 valence electrons. The van der Waals surface area contributed by atoms with E-state index in [0.717, 1.165) is 0 Å². The second-order valence-electron chi connectivity index (χ2n) is 6.04. The normalized spacial score (nSPS) is 13.6. The van der Waals surface area contributed by atoms with E-state index in [4.69, 9.17) is 4.43 Å². The van der Waals surface area contributed by atoms with Crippen molar-refractivity contribution in [2.75, 3.05) is 0 Å². The van der Waals surface area contributed by atoms with Crippen LogP contribution in [0.15, 0.2) is 18.2 Å². The van der Waals surface area contributed by atoms with Crippen molar-refractivity contribution in [2.24, 2.45) is 5.41 Å². The smallest absolute Gasteiger partial charge is 0.280 e. The highest BCUT2D eigenvalue weighted by molar-refractivity contribution is 6.48. The molecule has 0 aliphatic rings. The molecule has 1 aromatic carbocycles. The highest BCUT2D eigenvalue weighted by Gasteiger charge is 2.34. The van der Waals surface area contributed by atoms with Crippen LogP contribution in [0.1, 0.15) is 38.0 Å². The molecule has 20 heavy (non-hydrogen) atoms. The lowest BCUT2D eigenvalue weighted by Gasteiger charge is -2.32. The molecule has 0 aromatic heterocycles. The fraction of sp³-hybridized carbons (Fsp3) is 0.571. The first-order valence-corrected chi connectivity index (χ1v) is 8.93. The van der Waals surface area contributed by atoms with Crippen molar-refractivity contribution in [1.29, 1.82) is 0 Å². The molecule has 0 aliphatic carbocycles. The van der Waals surface area contributed by atoms with Gasteiger partial charge in [-0.1, -0.05) is 26.8 Å². The molecule has 0 saturated carbocycles. The van der Waals surface area contributed by atoms with Gasteiger partial charge in [-0.3, -0.25) is 10.1 Å². The quantitative estimate of drug-likeness (QED) is 0.513. The summed E-state index contributed by atoms with van der Waals surface area (Å²) in [6.45, 7) is 9.65. The molecule has 5 nitrogen and oxygen atoms in total. The third-order valence-electron chi connectivity index (χ3n) is 2.93. The zero-order valence-electron chi connectivity index (χ0n) is 12.6. The van der Waals surface area contributed by atoms with E-state index in [1.54, 1.807) is 18.2 Å². The van der Waals surface area contributed by atoms with Crippen LogP contribution in [-0.2, 0) is 11.0 Å². The lowest BCUT2D eigenvalue weighted by atomic mass is 9.83. The number of rotatable bonds is 5. The van der Waals surface area contributed by atoms with Crippen molar-refractivity contribution < 1.29 is 14.5 Å². The molecule has 0 bridgehead atoms. The lowest BCUT2D eigenvalue weighted by molar-refractivity contribution is -0.387. The largest absolute Gasteiger partial charge is 0.409 e. The van der Waals surface area contributed by atoms with Crippen LogP contribution in [0.2, 0.25) is 13.1 Å². The van der Waals surface area contributed by atoms with Gasteiger partial charge in [0, 0.05) is 0 Å². The van der Waals surface area contributed by atoms with E-state index in [9.17, 15) is 15.2 Å². The van der Waals surface area contributed by atoms with E-state index in [2.05, 4.69) is 0 Å². The fourth-order valence-electron chi connectivity index (χ4n) is 2.12. The molecule has 0 aliphatic heterocycles. The fourth-order valence-corrected chi connectivity index (χ4v) is 3.07. The van der Waals surface area contributed by atoms with Crippen LogP contribution >= 0.6 is 0 Å². The predicted molar refractivity (Wildman–Crippen MR) is 79.8 cm³/mol. The summed E-state index contributed by atoms with van der Waals surface area (Å²) in [7, 11) is -1.01. The highest BCUT2D eigenvalue weighted by atomic mass is 28.3. The van der Waals surface area contributed by atoms with Crippen LogP contribution in [-0.4, -0.2) is 19.1 Å². The number of nitro groups is 1. The first-order chi connectivity index (χ1) is 9.18. The van der Waals surface area contributed by atoms with Crippen LogP contribution < -0.4 is 0 Å². The van der Waals surface area contributed by atoms with E-state index in [0.29, 0.717) is 11.1 Å². The summed E-state index contributed by atoms with van der Waals surface area (Å²) in [6.07, 6.45) is -0.363. The number of benzene rings is 1. The number of hydrogen-bond acceptors (Lipinski definition) is 4. The maximum atomic E-state index is 11.4. The number of para-hydroxylation sites is 1. The Balaban J connectivity index is 3.43. The van der Waals surface area contributed by atoms with E-state index < -0.39 is 14.0 Å². The summed E-state index contributed by atoms with van der Waals surface area (Å²) in [4.78, 5) is 10.9. The molecule has 0 spiro atoms. The number of nitro benzene ring substituents is 1. The number of hydrogen-bond donors (Lipinski definition) is 1. The molecule has 1 aromatic rings. The van der Waals surface area contributed by atoms with Crippen molar-refractivity contribution in [3.05, 3.63) is 39.4 Å². The minimum atomic E-state index is -1.01. The van der Waals surface area contributed by atoms with Gasteiger partial charge in [-0.05, 0) is 30.6 Å². The summed E-state index contributed by atoms with van der Waals surface area (Å²) < 4.78 is 6.01. The Morgan fingerprint density at radius 1 is 1.40 bits per heavy atom. The summed E-state index contributed by atoms with van der Waals surface area (Å²) in [5.41, 5.74) is 0.575. The Hall–Kier alpha value is -1.24. The maximum Gasteiger partial charge on any atom is 0.280 e. The van der Waals surface area contributed by atoms with Gasteiger partial charge in [0.1, 0.15) is 0 Å². The molecular weight excluding hydrogens is 274 g/mol. The SMILES string of the molecule is C[Si](C)OC(c1cccc(CO)c1[N+](=O)[O-])C(C)(C)C. The van der Waals surface area contributed by atoms with E-state index in [-0.39, 0.29) is 23.8 Å². The second-order valence-corrected chi connectivity index (χ2v) is 8.09. The molecule has 1 radical (unpaired) electrons. The molecule has 6 heteroatoms. The average molecular weight is 296 g/mol. The molecule has 0 saturated heterocycles. The monoisotopic (exact) mass is 296 g/mol. The topological polar surface area (TPSA) is 72.6 Å². The zero-order valence-corrected chi connectivity index (χ0v) is 13.6. The van der Waals surface area contributed by atoms with E-state index in [1.807, 2.05) is 33.9 Å². The molecule has 1 N–H and O–H groups in total. The van der Waals surface area contributed by atoms with Crippen molar-refractivity contribution in [1.82, 2.24) is 0 Å². The summed E-state index contributed by atoms with van der Waals surface area (Å²) in [5, 5.41) is 20.7. The molecule has 1 rings (SSSR count). The van der Waals surface area contributed by atoms with E-state index >= 15 is 0 Å². The summed E-state index contributed by atoms with van der Waals surface area (Å²) in [5.74, 6) is 0. The molecule has 0 heterocycles. The molecular formula is C14H22NO4Si. The van der Waals surface area contributed by atoms with Gasteiger partial charge in [-0.25, -0.2) is 0 Å². The molecule has 0 fully saturated rings. The van der Waals surface area contributed by atoms with Gasteiger partial charge in [0.15, 0.2) is 0 Å². The van der Waals surface area contributed by atoms with Gasteiger partial charge in [0.25, 0.3) is 5.69 Å². The first-order valence-electron chi connectivity index (χ1n) is 6.52. The van der Waals surface area contributed by atoms with Gasteiger partial charge in [-0.15, -0.1) is 0 Å². The van der Waals surface area contributed by atoms with Gasteiger partial charge in [-0.2, -0.15) is 0 Å². The Kier molecular flexibility index (Phi) is 5.44. The van der Waals surface area contributed by atoms with Crippen molar-refractivity contribution in [3.8, 4) is 0 Å². The van der Waals surface area contributed by atoms with Crippen LogP contribution in [0.25, 0.3) is 0 Å².